The molecule has 0 N–H and O–H groups in total. The number of carbonyl (C=O) groups excluding carboxylic acids is 4. The fraction of sp³-hybridized carbons (Fsp3) is 0.0714. The number of halogens is 4. The molecule has 0 saturated carbocycles. The van der Waals surface area contributed by atoms with Crippen molar-refractivity contribution < 1.29 is 38.1 Å². The summed E-state index contributed by atoms with van der Waals surface area (Å²) < 4.78 is 25.6. The first-order chi connectivity index (χ1) is 33.0. The third-order valence-corrected chi connectivity index (χ3v) is 10.8. The van der Waals surface area contributed by atoms with Gasteiger partial charge in [0.15, 0.2) is 0 Å². The summed E-state index contributed by atoms with van der Waals surface area (Å²) in [5.41, 5.74) is 2.71. The topological polar surface area (TPSA) is 105 Å². The van der Waals surface area contributed by atoms with Crippen LogP contribution in [0.3, 0.4) is 0 Å². The van der Waals surface area contributed by atoms with E-state index in [0.717, 1.165) is 14.3 Å². The van der Waals surface area contributed by atoms with Crippen LogP contribution >= 0.6 is 90.4 Å². The van der Waals surface area contributed by atoms with Crippen LogP contribution in [0.4, 0.5) is 0 Å². The molecule has 4 aromatic rings. The molecular formula is C56H28I4O8. The van der Waals surface area contributed by atoms with Gasteiger partial charge in [-0.2, -0.15) is 0 Å². The van der Waals surface area contributed by atoms with Crippen molar-refractivity contribution in [3.63, 3.8) is 0 Å². The molecule has 5 rings (SSSR count). The number of esters is 4. The number of allylic oxidation sites excluding steroid dienone is 4. The third kappa shape index (κ3) is 19.5. The summed E-state index contributed by atoms with van der Waals surface area (Å²) in [6.45, 7) is -0.893. The van der Waals surface area contributed by atoms with E-state index in [2.05, 4.69) is 185 Å². The van der Waals surface area contributed by atoms with Gasteiger partial charge >= 0.3 is 23.9 Å². The van der Waals surface area contributed by atoms with Crippen LogP contribution in [0.15, 0.2) is 144 Å². The zero-order chi connectivity index (χ0) is 48.4. The monoisotopic (exact) mass is 1340 g/mol. The lowest BCUT2D eigenvalue weighted by atomic mass is 10.2. The number of rotatable bonds is 12. The maximum Gasteiger partial charge on any atom is 0.338 e. The predicted molar refractivity (Wildman–Crippen MR) is 292 cm³/mol. The van der Waals surface area contributed by atoms with Gasteiger partial charge in [0.1, 0.15) is 26.4 Å². The first kappa shape index (κ1) is 52.1. The minimum absolute atomic E-state index is 0.223. The van der Waals surface area contributed by atoms with Crippen molar-refractivity contribution >= 4 is 114 Å². The lowest BCUT2D eigenvalue weighted by molar-refractivity contribution is 0.0534. The van der Waals surface area contributed by atoms with E-state index in [1.165, 1.54) is 24.3 Å². The van der Waals surface area contributed by atoms with Crippen molar-refractivity contribution in [3.8, 4) is 94.7 Å². The van der Waals surface area contributed by atoms with Crippen molar-refractivity contribution in [1.82, 2.24) is 0 Å². The minimum atomic E-state index is -0.560. The first-order valence-electron chi connectivity index (χ1n) is 19.6. The number of ether oxygens (including phenoxy) is 4. The van der Waals surface area contributed by atoms with Crippen LogP contribution in [0.25, 0.3) is 0 Å². The SMILES string of the molecule is O=C(OC/C1=C\C#CC#C/C=C(/COC(=O)c2cccc(I)c2)C#CC#C/C(COC(=O)c2cccc(I)c2)=C\C#CC#C/C=C(/COC(=O)c2cccc(I)c2)C#CC#C1)c1cccc(I)c1. The Labute approximate surface area is 449 Å². The number of hydrogen-bond acceptors (Lipinski definition) is 8. The van der Waals surface area contributed by atoms with E-state index in [-0.39, 0.29) is 26.4 Å². The van der Waals surface area contributed by atoms with Crippen LogP contribution in [-0.4, -0.2) is 50.3 Å². The van der Waals surface area contributed by atoms with Gasteiger partial charge in [0.2, 0.25) is 0 Å². The zero-order valence-electron chi connectivity index (χ0n) is 35.2. The second-order valence-corrected chi connectivity index (χ2v) is 18.1. The Hall–Kier alpha value is -6.88. The summed E-state index contributed by atoms with van der Waals surface area (Å²) in [5.74, 6) is 42.3. The molecule has 0 heterocycles. The van der Waals surface area contributed by atoms with Gasteiger partial charge in [-0.1, -0.05) is 71.6 Å². The Morgan fingerprint density at radius 3 is 0.765 bits per heavy atom. The van der Waals surface area contributed by atoms with Gasteiger partial charge in [-0.05, 0) is 211 Å². The lowest BCUT2D eigenvalue weighted by Crippen LogP contribution is -2.08. The molecule has 0 aliphatic heterocycles. The Morgan fingerprint density at radius 2 is 0.559 bits per heavy atom. The zero-order valence-corrected chi connectivity index (χ0v) is 43.8. The smallest absolute Gasteiger partial charge is 0.338 e. The van der Waals surface area contributed by atoms with Gasteiger partial charge in [0.25, 0.3) is 0 Å². The molecular weight excluding hydrogens is 1310 g/mol. The largest absolute Gasteiger partial charge is 0.457 e. The van der Waals surface area contributed by atoms with E-state index in [1.54, 1.807) is 72.8 Å². The van der Waals surface area contributed by atoms with Gasteiger partial charge in [-0.15, -0.1) is 0 Å². The summed E-state index contributed by atoms with van der Waals surface area (Å²) >= 11 is 8.42. The molecule has 0 unspecified atom stereocenters. The molecule has 0 bridgehead atoms. The molecule has 0 amide bonds. The maximum absolute atomic E-state index is 12.9. The van der Waals surface area contributed by atoms with Crippen LogP contribution in [0.2, 0.25) is 0 Å². The fourth-order valence-corrected chi connectivity index (χ4v) is 7.08. The predicted octanol–water partition coefficient (Wildman–Crippen LogP) is 9.58. The maximum atomic E-state index is 12.9. The highest BCUT2D eigenvalue weighted by atomic mass is 127. The molecule has 1 aliphatic rings. The first-order valence-corrected chi connectivity index (χ1v) is 23.9. The van der Waals surface area contributed by atoms with Crippen LogP contribution in [0, 0.1) is 109 Å². The summed E-state index contributed by atoms with van der Waals surface area (Å²) in [4.78, 5) is 51.5. The van der Waals surface area contributed by atoms with Gasteiger partial charge in [-0.3, -0.25) is 0 Å². The van der Waals surface area contributed by atoms with Crippen LogP contribution in [0.1, 0.15) is 41.4 Å². The molecule has 0 atom stereocenters. The second-order valence-electron chi connectivity index (χ2n) is 13.1. The van der Waals surface area contributed by atoms with E-state index < -0.39 is 23.9 Å². The van der Waals surface area contributed by atoms with E-state index >= 15 is 0 Å². The highest BCUT2D eigenvalue weighted by Crippen LogP contribution is 2.13. The second kappa shape index (κ2) is 29.0. The number of benzene rings is 4. The molecule has 1 aliphatic carbocycles. The molecule has 0 spiro atoms. The summed E-state index contributed by atoms with van der Waals surface area (Å²) in [7, 11) is 0. The Morgan fingerprint density at radius 1 is 0.338 bits per heavy atom. The molecule has 328 valence electrons. The quantitative estimate of drug-likeness (QED) is 0.0599. The van der Waals surface area contributed by atoms with Crippen LogP contribution in [0.5, 0.6) is 0 Å². The summed E-state index contributed by atoms with van der Waals surface area (Å²) in [6.07, 6.45) is 5.78. The molecule has 68 heavy (non-hydrogen) atoms. The standard InChI is InChI=1S/C56H28I4O8/c57-49-29-13-25-45(33-49)53(61)65-37-41-17-5-1-2-6-18-42(38-66-54(62)46-26-14-30-50(58)34-46)22-11-12-24-44(40-68-56(64)48-28-16-32-52(60)36-48)20-8-4-3-7-19-43(23-10-9-21-41)39-67-55(63)47-27-15-31-51(59)35-47/h13-20,25-36H,37-40H2/b41-17-,42-18+,43-19+,44-20+. The molecule has 12 heteroatoms. The average Bonchev–Trinajstić information content (AvgIpc) is 3.33. The van der Waals surface area contributed by atoms with Gasteiger partial charge < -0.3 is 18.9 Å². The Balaban J connectivity index is 1.50. The third-order valence-electron chi connectivity index (χ3n) is 8.09. The van der Waals surface area contributed by atoms with Crippen molar-refractivity contribution in [2.45, 2.75) is 0 Å². The van der Waals surface area contributed by atoms with Crippen molar-refractivity contribution in [2.24, 2.45) is 0 Å². The molecule has 0 radical (unpaired) electrons. The van der Waals surface area contributed by atoms with E-state index in [1.807, 2.05) is 24.3 Å². The van der Waals surface area contributed by atoms with E-state index in [4.69, 9.17) is 18.9 Å². The summed E-state index contributed by atoms with van der Waals surface area (Å²) in [5, 5.41) is 0. The van der Waals surface area contributed by atoms with Crippen molar-refractivity contribution in [1.29, 1.82) is 0 Å². The van der Waals surface area contributed by atoms with Gasteiger partial charge in [0.05, 0.1) is 22.3 Å². The lowest BCUT2D eigenvalue weighted by Gasteiger charge is -2.04. The number of hydrogen-bond donors (Lipinski definition) is 0. The minimum Gasteiger partial charge on any atom is -0.457 e. The normalized spacial score (nSPS) is 14.5. The fourth-order valence-electron chi connectivity index (χ4n) is 4.91. The molecule has 8 nitrogen and oxygen atoms in total. The Bertz CT molecular complexity index is 2870. The van der Waals surface area contributed by atoms with Crippen molar-refractivity contribution in [2.75, 3.05) is 26.4 Å². The molecule has 4 aromatic carbocycles. The average molecular weight is 1340 g/mol. The highest BCUT2D eigenvalue weighted by molar-refractivity contribution is 14.1. The van der Waals surface area contributed by atoms with Gasteiger partial charge in [0, 0.05) is 60.9 Å². The molecule has 0 saturated heterocycles. The van der Waals surface area contributed by atoms with E-state index in [9.17, 15) is 19.2 Å². The highest BCUT2D eigenvalue weighted by Gasteiger charge is 2.11. The van der Waals surface area contributed by atoms with Gasteiger partial charge in [-0.25, -0.2) is 19.2 Å². The molecule has 0 fully saturated rings. The van der Waals surface area contributed by atoms with Crippen LogP contribution < -0.4 is 0 Å². The Kier molecular flexibility index (Phi) is 22.2. The van der Waals surface area contributed by atoms with Crippen molar-refractivity contribution in [3.05, 3.63) is 180 Å². The molecule has 0 aromatic heterocycles. The summed E-state index contributed by atoms with van der Waals surface area (Å²) in [6, 6.07) is 27.8. The van der Waals surface area contributed by atoms with E-state index in [0.29, 0.717) is 44.5 Å². The van der Waals surface area contributed by atoms with Crippen LogP contribution in [-0.2, 0) is 18.9 Å². The number of carbonyl (C=O) groups is 4.